The number of hydrogen-bond donors (Lipinski definition) is 2. The van der Waals surface area contributed by atoms with Crippen LogP contribution in [-0.4, -0.2) is 65.2 Å². The minimum atomic E-state index is -1.30. The van der Waals surface area contributed by atoms with Crippen LogP contribution in [0.3, 0.4) is 0 Å². The fraction of sp³-hybridized carbons (Fsp3) is 1.00. The van der Waals surface area contributed by atoms with Crippen LogP contribution in [0.1, 0.15) is 64.2 Å². The van der Waals surface area contributed by atoms with Crippen molar-refractivity contribution in [2.75, 3.05) is 6.61 Å². The van der Waals surface area contributed by atoms with Crippen LogP contribution in [0.4, 0.5) is 0 Å². The summed E-state index contributed by atoms with van der Waals surface area (Å²) in [6.45, 7) is 0.424. The van der Waals surface area contributed by atoms with Crippen molar-refractivity contribution < 1.29 is 33.9 Å². The standard InChI is InChI=1S/C19H30O7/c20-13-15-16(26-19(25-15)9-5-2-6-10-19)14(23-17(13)21)12-11-22-18(24-12)7-3-1-4-8-18/h12-17,20-21H,1-11H2/t12-,13-,14+,15+,16?,17-/m1/s1. The van der Waals surface area contributed by atoms with Crippen LogP contribution >= 0.6 is 0 Å². The molecule has 2 spiro atoms. The molecular weight excluding hydrogens is 340 g/mol. The monoisotopic (exact) mass is 370 g/mol. The summed E-state index contributed by atoms with van der Waals surface area (Å²) in [5.74, 6) is -1.16. The first kappa shape index (κ1) is 17.8. The van der Waals surface area contributed by atoms with E-state index >= 15 is 0 Å². The van der Waals surface area contributed by atoms with Gasteiger partial charge in [-0.2, -0.15) is 0 Å². The van der Waals surface area contributed by atoms with Gasteiger partial charge in [0.1, 0.15) is 30.5 Å². The van der Waals surface area contributed by atoms with E-state index in [1.807, 2.05) is 0 Å². The molecule has 2 N–H and O–H groups in total. The fourth-order valence-electron chi connectivity index (χ4n) is 5.37. The molecule has 5 fully saturated rings. The van der Waals surface area contributed by atoms with Crippen molar-refractivity contribution in [2.45, 2.75) is 113 Å². The summed E-state index contributed by atoms with van der Waals surface area (Å²) < 4.78 is 30.7. The Morgan fingerprint density at radius 1 is 0.654 bits per heavy atom. The number of rotatable bonds is 1. The van der Waals surface area contributed by atoms with Gasteiger partial charge in [0, 0.05) is 25.7 Å². The van der Waals surface area contributed by atoms with Crippen LogP contribution in [0.15, 0.2) is 0 Å². The van der Waals surface area contributed by atoms with Crippen LogP contribution < -0.4 is 0 Å². The van der Waals surface area contributed by atoms with Gasteiger partial charge in [0.05, 0.1) is 6.61 Å². The first-order valence-electron chi connectivity index (χ1n) is 10.3. The number of aliphatic hydroxyl groups excluding tert-OH is 2. The fourth-order valence-corrected chi connectivity index (χ4v) is 5.37. The Morgan fingerprint density at radius 3 is 1.96 bits per heavy atom. The lowest BCUT2D eigenvalue weighted by Crippen LogP contribution is -2.60. The minimum absolute atomic E-state index is 0.315. The Kier molecular flexibility index (Phi) is 4.55. The van der Waals surface area contributed by atoms with E-state index in [1.165, 1.54) is 12.8 Å². The third-order valence-corrected chi connectivity index (χ3v) is 6.75. The molecule has 3 heterocycles. The first-order chi connectivity index (χ1) is 12.6. The van der Waals surface area contributed by atoms with Crippen LogP contribution in [0.5, 0.6) is 0 Å². The summed E-state index contributed by atoms with van der Waals surface area (Å²) in [6, 6.07) is 0. The highest BCUT2D eigenvalue weighted by Gasteiger charge is 2.60. The van der Waals surface area contributed by atoms with Crippen molar-refractivity contribution in [2.24, 2.45) is 0 Å². The maximum absolute atomic E-state index is 10.4. The molecule has 0 amide bonds. The van der Waals surface area contributed by atoms with Crippen molar-refractivity contribution >= 4 is 0 Å². The molecule has 5 aliphatic rings. The molecule has 148 valence electrons. The molecule has 0 aromatic rings. The molecule has 2 aliphatic carbocycles. The highest BCUT2D eigenvalue weighted by molar-refractivity contribution is 5.02. The largest absolute Gasteiger partial charge is 0.385 e. The van der Waals surface area contributed by atoms with Crippen molar-refractivity contribution in [1.29, 1.82) is 0 Å². The van der Waals surface area contributed by atoms with E-state index in [9.17, 15) is 10.2 Å². The second-order valence-electron chi connectivity index (χ2n) is 8.56. The molecule has 6 atom stereocenters. The van der Waals surface area contributed by atoms with Gasteiger partial charge in [0.15, 0.2) is 17.9 Å². The number of aliphatic hydroxyl groups is 2. The SMILES string of the molecule is O[C@H]1[C@H](O)O[C@@H]([C@H]2COC3(CCCCC3)O2)C2OC3(CCCCC3)O[C@H]21. The number of hydrogen-bond acceptors (Lipinski definition) is 7. The lowest BCUT2D eigenvalue weighted by atomic mass is 9.93. The van der Waals surface area contributed by atoms with Gasteiger partial charge in [0.25, 0.3) is 0 Å². The molecule has 0 aromatic heterocycles. The van der Waals surface area contributed by atoms with Crippen molar-refractivity contribution in [3.05, 3.63) is 0 Å². The summed E-state index contributed by atoms with van der Waals surface area (Å²) in [6.07, 6.45) is 5.90. The Labute approximate surface area is 153 Å². The van der Waals surface area contributed by atoms with Gasteiger partial charge in [0.2, 0.25) is 0 Å². The zero-order valence-corrected chi connectivity index (χ0v) is 15.2. The molecule has 5 rings (SSSR count). The van der Waals surface area contributed by atoms with Gasteiger partial charge in [-0.05, 0) is 25.7 Å². The van der Waals surface area contributed by atoms with Crippen LogP contribution in [-0.2, 0) is 23.7 Å². The molecule has 2 saturated carbocycles. The predicted octanol–water partition coefficient (Wildman–Crippen LogP) is 1.58. The van der Waals surface area contributed by atoms with Crippen LogP contribution in [0.2, 0.25) is 0 Å². The van der Waals surface area contributed by atoms with Gasteiger partial charge < -0.3 is 33.9 Å². The smallest absolute Gasteiger partial charge is 0.184 e. The van der Waals surface area contributed by atoms with E-state index in [1.54, 1.807) is 0 Å². The average Bonchev–Trinajstić information content (AvgIpc) is 3.22. The zero-order chi connectivity index (χ0) is 17.8. The highest BCUT2D eigenvalue weighted by Crippen LogP contribution is 2.47. The van der Waals surface area contributed by atoms with E-state index < -0.39 is 42.3 Å². The molecule has 0 radical (unpaired) electrons. The predicted molar refractivity (Wildman–Crippen MR) is 89.1 cm³/mol. The van der Waals surface area contributed by atoms with E-state index in [2.05, 4.69) is 0 Å². The zero-order valence-electron chi connectivity index (χ0n) is 15.2. The lowest BCUT2D eigenvalue weighted by molar-refractivity contribution is -0.284. The van der Waals surface area contributed by atoms with Gasteiger partial charge in [-0.25, -0.2) is 0 Å². The third-order valence-electron chi connectivity index (χ3n) is 6.75. The maximum atomic E-state index is 10.4. The maximum Gasteiger partial charge on any atom is 0.184 e. The van der Waals surface area contributed by atoms with Crippen molar-refractivity contribution in [1.82, 2.24) is 0 Å². The Morgan fingerprint density at radius 2 is 1.27 bits per heavy atom. The molecule has 7 nitrogen and oxygen atoms in total. The molecule has 7 heteroatoms. The molecule has 3 aliphatic heterocycles. The van der Waals surface area contributed by atoms with E-state index in [0.717, 1.165) is 51.4 Å². The Bertz CT molecular complexity index is 514. The van der Waals surface area contributed by atoms with Gasteiger partial charge in [-0.15, -0.1) is 0 Å². The normalized spacial score (nSPS) is 47.3. The molecule has 1 unspecified atom stereocenters. The number of fused-ring (bicyclic) bond motifs is 1. The van der Waals surface area contributed by atoms with E-state index in [4.69, 9.17) is 23.7 Å². The average molecular weight is 370 g/mol. The van der Waals surface area contributed by atoms with E-state index in [0.29, 0.717) is 6.61 Å². The van der Waals surface area contributed by atoms with Crippen molar-refractivity contribution in [3.63, 3.8) is 0 Å². The molecule has 0 bridgehead atoms. The molecule has 3 saturated heterocycles. The summed E-state index contributed by atoms with van der Waals surface area (Å²) in [7, 11) is 0. The van der Waals surface area contributed by atoms with Crippen molar-refractivity contribution in [3.8, 4) is 0 Å². The van der Waals surface area contributed by atoms with Gasteiger partial charge >= 0.3 is 0 Å². The summed E-state index contributed by atoms with van der Waals surface area (Å²) in [4.78, 5) is 0. The topological polar surface area (TPSA) is 86.6 Å². The number of ether oxygens (including phenoxy) is 5. The minimum Gasteiger partial charge on any atom is -0.385 e. The Hall–Kier alpha value is -0.280. The second kappa shape index (κ2) is 6.65. The molecule has 26 heavy (non-hydrogen) atoms. The third kappa shape index (κ3) is 2.92. The lowest BCUT2D eigenvalue weighted by Gasteiger charge is -2.40. The summed E-state index contributed by atoms with van der Waals surface area (Å²) in [5.41, 5.74) is 0. The quantitative estimate of drug-likeness (QED) is 0.725. The van der Waals surface area contributed by atoms with Gasteiger partial charge in [-0.3, -0.25) is 0 Å². The Balaban J connectivity index is 1.35. The van der Waals surface area contributed by atoms with E-state index in [-0.39, 0.29) is 6.10 Å². The van der Waals surface area contributed by atoms with Crippen LogP contribution in [0.25, 0.3) is 0 Å². The summed E-state index contributed by atoms with van der Waals surface area (Å²) in [5, 5.41) is 20.7. The molecular formula is C19H30O7. The molecule has 0 aromatic carbocycles. The van der Waals surface area contributed by atoms with Crippen LogP contribution in [0, 0.1) is 0 Å². The van der Waals surface area contributed by atoms with Gasteiger partial charge in [-0.1, -0.05) is 12.8 Å². The summed E-state index contributed by atoms with van der Waals surface area (Å²) >= 11 is 0. The second-order valence-corrected chi connectivity index (χ2v) is 8.56. The first-order valence-corrected chi connectivity index (χ1v) is 10.3. The highest BCUT2D eigenvalue weighted by atomic mass is 16.8.